The summed E-state index contributed by atoms with van der Waals surface area (Å²) in [4.78, 5) is 15.8. The van der Waals surface area contributed by atoms with E-state index in [1.54, 1.807) is 6.07 Å². The lowest BCUT2D eigenvalue weighted by Crippen LogP contribution is -2.40. The zero-order valence-corrected chi connectivity index (χ0v) is 10.0. The first-order valence-corrected chi connectivity index (χ1v) is 5.48. The van der Waals surface area contributed by atoms with Crippen molar-refractivity contribution < 1.29 is 4.79 Å². The van der Waals surface area contributed by atoms with Crippen LogP contribution in [-0.4, -0.2) is 23.5 Å². The van der Waals surface area contributed by atoms with Crippen molar-refractivity contribution in [3.8, 4) is 0 Å². The minimum atomic E-state index is -0.167. The van der Waals surface area contributed by atoms with Gasteiger partial charge < -0.3 is 11.1 Å². The Balaban J connectivity index is 2.53. The van der Waals surface area contributed by atoms with Gasteiger partial charge in [0, 0.05) is 18.3 Å². The van der Waals surface area contributed by atoms with E-state index in [1.807, 2.05) is 32.9 Å². The van der Waals surface area contributed by atoms with E-state index in [4.69, 9.17) is 5.73 Å². The summed E-state index contributed by atoms with van der Waals surface area (Å²) in [5.41, 5.74) is 7.11. The molecule has 0 bridgehead atoms. The Hall–Kier alpha value is -1.42. The zero-order valence-electron chi connectivity index (χ0n) is 10.0. The van der Waals surface area contributed by atoms with Crippen LogP contribution in [0.4, 0.5) is 0 Å². The molecule has 1 unspecified atom stereocenters. The number of aromatic nitrogens is 1. The SMILES string of the molecule is Cc1cccc(C(=O)NCC(N)C(C)C)n1. The number of nitrogens with zero attached hydrogens (tertiary/aromatic N) is 1. The van der Waals surface area contributed by atoms with Crippen LogP contribution >= 0.6 is 0 Å². The second kappa shape index (κ2) is 5.61. The predicted molar refractivity (Wildman–Crippen MR) is 64.1 cm³/mol. The third-order valence-corrected chi connectivity index (χ3v) is 2.48. The minimum Gasteiger partial charge on any atom is -0.349 e. The molecule has 3 N–H and O–H groups in total. The molecule has 0 spiro atoms. The van der Waals surface area contributed by atoms with Gasteiger partial charge in [0.05, 0.1) is 0 Å². The normalized spacial score (nSPS) is 12.6. The highest BCUT2D eigenvalue weighted by Crippen LogP contribution is 1.99. The van der Waals surface area contributed by atoms with Gasteiger partial charge in [-0.3, -0.25) is 4.79 Å². The van der Waals surface area contributed by atoms with Crippen molar-refractivity contribution in [2.75, 3.05) is 6.54 Å². The van der Waals surface area contributed by atoms with E-state index in [1.165, 1.54) is 0 Å². The van der Waals surface area contributed by atoms with E-state index in [-0.39, 0.29) is 11.9 Å². The van der Waals surface area contributed by atoms with E-state index >= 15 is 0 Å². The maximum Gasteiger partial charge on any atom is 0.269 e. The van der Waals surface area contributed by atoms with Crippen molar-refractivity contribution in [2.24, 2.45) is 11.7 Å². The Morgan fingerprint density at radius 3 is 2.75 bits per heavy atom. The fourth-order valence-corrected chi connectivity index (χ4v) is 1.21. The first kappa shape index (κ1) is 12.6. The van der Waals surface area contributed by atoms with E-state index in [0.29, 0.717) is 18.2 Å². The molecule has 1 rings (SSSR count). The monoisotopic (exact) mass is 221 g/mol. The maximum atomic E-state index is 11.7. The average molecular weight is 221 g/mol. The van der Waals surface area contributed by atoms with Gasteiger partial charge in [-0.25, -0.2) is 4.98 Å². The van der Waals surface area contributed by atoms with E-state index in [0.717, 1.165) is 5.69 Å². The van der Waals surface area contributed by atoms with Gasteiger partial charge in [-0.05, 0) is 25.0 Å². The molecule has 0 aliphatic heterocycles. The number of nitrogens with two attached hydrogens (primary N) is 1. The summed E-state index contributed by atoms with van der Waals surface area (Å²) in [6.45, 7) is 6.40. The summed E-state index contributed by atoms with van der Waals surface area (Å²) in [5.74, 6) is 0.186. The molecule has 0 aromatic carbocycles. The highest BCUT2D eigenvalue weighted by molar-refractivity contribution is 5.92. The molecule has 1 atom stereocenters. The van der Waals surface area contributed by atoms with Gasteiger partial charge in [-0.1, -0.05) is 19.9 Å². The van der Waals surface area contributed by atoms with Crippen molar-refractivity contribution in [3.05, 3.63) is 29.6 Å². The molecule has 1 heterocycles. The summed E-state index contributed by atoms with van der Waals surface area (Å²) in [6.07, 6.45) is 0. The fraction of sp³-hybridized carbons (Fsp3) is 0.500. The van der Waals surface area contributed by atoms with Gasteiger partial charge in [0.25, 0.3) is 5.91 Å². The molecule has 0 saturated carbocycles. The lowest BCUT2D eigenvalue weighted by Gasteiger charge is -2.15. The number of aryl methyl sites for hydroxylation is 1. The summed E-state index contributed by atoms with van der Waals surface area (Å²) in [6, 6.07) is 5.35. The molecule has 16 heavy (non-hydrogen) atoms. The van der Waals surface area contributed by atoms with Crippen LogP contribution in [-0.2, 0) is 0 Å². The summed E-state index contributed by atoms with van der Waals surface area (Å²) >= 11 is 0. The van der Waals surface area contributed by atoms with Crippen LogP contribution in [0.3, 0.4) is 0 Å². The van der Waals surface area contributed by atoms with Crippen LogP contribution in [0.5, 0.6) is 0 Å². The molecule has 0 fully saturated rings. The molecule has 4 nitrogen and oxygen atoms in total. The van der Waals surface area contributed by atoms with Gasteiger partial charge >= 0.3 is 0 Å². The smallest absolute Gasteiger partial charge is 0.269 e. The quantitative estimate of drug-likeness (QED) is 0.800. The van der Waals surface area contributed by atoms with Crippen molar-refractivity contribution >= 4 is 5.91 Å². The van der Waals surface area contributed by atoms with Crippen LogP contribution in [0.15, 0.2) is 18.2 Å². The first-order chi connectivity index (χ1) is 7.50. The van der Waals surface area contributed by atoms with Crippen LogP contribution in [0.2, 0.25) is 0 Å². The van der Waals surface area contributed by atoms with Gasteiger partial charge in [-0.2, -0.15) is 0 Å². The number of hydrogen-bond acceptors (Lipinski definition) is 3. The van der Waals surface area contributed by atoms with E-state index in [2.05, 4.69) is 10.3 Å². The number of rotatable bonds is 4. The highest BCUT2D eigenvalue weighted by atomic mass is 16.1. The third-order valence-electron chi connectivity index (χ3n) is 2.48. The summed E-state index contributed by atoms with van der Waals surface area (Å²) in [5, 5.41) is 2.78. The van der Waals surface area contributed by atoms with Gasteiger partial charge in [0.1, 0.15) is 5.69 Å². The van der Waals surface area contributed by atoms with Crippen LogP contribution in [0.25, 0.3) is 0 Å². The first-order valence-electron chi connectivity index (χ1n) is 5.48. The zero-order chi connectivity index (χ0) is 12.1. The van der Waals surface area contributed by atoms with Gasteiger partial charge in [-0.15, -0.1) is 0 Å². The molecule has 88 valence electrons. The fourth-order valence-electron chi connectivity index (χ4n) is 1.21. The van der Waals surface area contributed by atoms with Crippen LogP contribution in [0.1, 0.15) is 30.0 Å². The number of carbonyl (C=O) groups is 1. The number of carbonyl (C=O) groups excluding carboxylic acids is 1. The minimum absolute atomic E-state index is 0.0197. The Kier molecular flexibility index (Phi) is 4.43. The molecule has 1 aromatic heterocycles. The van der Waals surface area contributed by atoms with Crippen molar-refractivity contribution in [2.45, 2.75) is 26.8 Å². The Labute approximate surface area is 96.3 Å². The van der Waals surface area contributed by atoms with Crippen molar-refractivity contribution in [1.29, 1.82) is 0 Å². The summed E-state index contributed by atoms with van der Waals surface area (Å²) < 4.78 is 0. The molecule has 0 radical (unpaired) electrons. The lowest BCUT2D eigenvalue weighted by atomic mass is 10.1. The Morgan fingerprint density at radius 1 is 1.50 bits per heavy atom. The average Bonchev–Trinajstić information content (AvgIpc) is 2.25. The second-order valence-electron chi connectivity index (χ2n) is 4.28. The molecule has 0 saturated heterocycles. The number of hydrogen-bond donors (Lipinski definition) is 2. The van der Waals surface area contributed by atoms with Crippen LogP contribution in [0, 0.1) is 12.8 Å². The highest BCUT2D eigenvalue weighted by Gasteiger charge is 2.11. The standard InChI is InChI=1S/C12H19N3O/c1-8(2)10(13)7-14-12(16)11-6-4-5-9(3)15-11/h4-6,8,10H,7,13H2,1-3H3,(H,14,16). The second-order valence-corrected chi connectivity index (χ2v) is 4.28. The van der Waals surface area contributed by atoms with Gasteiger partial charge in [0.2, 0.25) is 0 Å². The molecule has 1 amide bonds. The molecule has 1 aromatic rings. The molecule has 4 heteroatoms. The number of pyridine rings is 1. The van der Waals surface area contributed by atoms with Crippen molar-refractivity contribution in [1.82, 2.24) is 10.3 Å². The van der Waals surface area contributed by atoms with E-state index < -0.39 is 0 Å². The topological polar surface area (TPSA) is 68.0 Å². The Bertz CT molecular complexity index is 363. The lowest BCUT2D eigenvalue weighted by molar-refractivity contribution is 0.0944. The van der Waals surface area contributed by atoms with Crippen LogP contribution < -0.4 is 11.1 Å². The number of amides is 1. The van der Waals surface area contributed by atoms with E-state index in [9.17, 15) is 4.79 Å². The molecular weight excluding hydrogens is 202 g/mol. The predicted octanol–water partition coefficient (Wildman–Crippen LogP) is 1.10. The largest absolute Gasteiger partial charge is 0.349 e. The van der Waals surface area contributed by atoms with Gasteiger partial charge in [0.15, 0.2) is 0 Å². The third kappa shape index (κ3) is 3.62. The Morgan fingerprint density at radius 2 is 2.19 bits per heavy atom. The maximum absolute atomic E-state index is 11.7. The molecular formula is C12H19N3O. The molecule has 0 aliphatic carbocycles. The van der Waals surface area contributed by atoms with Crippen molar-refractivity contribution in [3.63, 3.8) is 0 Å². The summed E-state index contributed by atoms with van der Waals surface area (Å²) in [7, 11) is 0. The molecule has 0 aliphatic rings. The number of nitrogens with one attached hydrogen (secondary N) is 1.